The molecule has 156 valence electrons. The van der Waals surface area contributed by atoms with Gasteiger partial charge in [0, 0.05) is 26.6 Å². The van der Waals surface area contributed by atoms with Gasteiger partial charge in [-0.1, -0.05) is 30.7 Å². The summed E-state index contributed by atoms with van der Waals surface area (Å²) in [4.78, 5) is 25.3. The smallest absolute Gasteiger partial charge is 0.315 e. The van der Waals surface area contributed by atoms with Crippen LogP contribution in [0.25, 0.3) is 0 Å². The van der Waals surface area contributed by atoms with E-state index in [-0.39, 0.29) is 17.6 Å². The molecule has 0 saturated carbocycles. The standard InChI is InChI=1S/C22H28FN3O3/c1-26(20-9-6-5-8-19(20)23)21(27)10-4-3-7-15-24-22(28)25-16-17-11-13-18(29-2)14-12-17/h5-6,8-9,11-14H,3-4,7,10,15-16H2,1-2H3,(H2,24,25,28). The second-order valence-electron chi connectivity index (χ2n) is 6.67. The molecule has 0 heterocycles. The lowest BCUT2D eigenvalue weighted by Gasteiger charge is -2.17. The molecule has 29 heavy (non-hydrogen) atoms. The molecule has 0 bridgehead atoms. The zero-order valence-electron chi connectivity index (χ0n) is 16.9. The van der Waals surface area contributed by atoms with E-state index < -0.39 is 5.82 Å². The predicted octanol–water partition coefficient (Wildman–Crippen LogP) is 3.86. The summed E-state index contributed by atoms with van der Waals surface area (Å²) in [5, 5.41) is 5.60. The normalized spacial score (nSPS) is 10.3. The molecule has 0 radical (unpaired) electrons. The van der Waals surface area contributed by atoms with Gasteiger partial charge in [0.15, 0.2) is 0 Å². The number of ether oxygens (including phenoxy) is 1. The van der Waals surface area contributed by atoms with Crippen LogP contribution in [0.1, 0.15) is 31.2 Å². The molecule has 0 atom stereocenters. The molecule has 3 amide bonds. The van der Waals surface area contributed by atoms with Crippen LogP contribution >= 0.6 is 0 Å². The molecule has 6 nitrogen and oxygen atoms in total. The number of carbonyl (C=O) groups excluding carboxylic acids is 2. The van der Waals surface area contributed by atoms with Gasteiger partial charge in [-0.25, -0.2) is 9.18 Å². The molecular formula is C22H28FN3O3. The quantitative estimate of drug-likeness (QED) is 0.594. The maximum absolute atomic E-state index is 13.7. The summed E-state index contributed by atoms with van der Waals surface area (Å²) in [7, 11) is 3.19. The monoisotopic (exact) mass is 401 g/mol. The van der Waals surface area contributed by atoms with Crippen molar-refractivity contribution in [1.29, 1.82) is 0 Å². The second-order valence-corrected chi connectivity index (χ2v) is 6.67. The highest BCUT2D eigenvalue weighted by Crippen LogP contribution is 2.18. The summed E-state index contributed by atoms with van der Waals surface area (Å²) < 4.78 is 18.8. The Bertz CT molecular complexity index is 796. The van der Waals surface area contributed by atoms with E-state index in [0.717, 1.165) is 24.2 Å². The van der Waals surface area contributed by atoms with E-state index in [0.29, 0.717) is 25.9 Å². The third-order valence-corrected chi connectivity index (χ3v) is 4.55. The van der Waals surface area contributed by atoms with Crippen LogP contribution in [-0.2, 0) is 11.3 Å². The van der Waals surface area contributed by atoms with E-state index in [1.165, 1.54) is 11.0 Å². The van der Waals surface area contributed by atoms with Gasteiger partial charge >= 0.3 is 6.03 Å². The van der Waals surface area contributed by atoms with E-state index in [1.807, 2.05) is 24.3 Å². The van der Waals surface area contributed by atoms with Crippen LogP contribution in [0.3, 0.4) is 0 Å². The van der Waals surface area contributed by atoms with Gasteiger partial charge in [-0.15, -0.1) is 0 Å². The number of benzene rings is 2. The number of hydrogen-bond donors (Lipinski definition) is 2. The van der Waals surface area contributed by atoms with Gasteiger partial charge in [0.25, 0.3) is 0 Å². The topological polar surface area (TPSA) is 70.7 Å². The van der Waals surface area contributed by atoms with Gasteiger partial charge < -0.3 is 20.3 Å². The maximum Gasteiger partial charge on any atom is 0.315 e. The average Bonchev–Trinajstić information content (AvgIpc) is 2.74. The molecule has 7 heteroatoms. The molecule has 2 rings (SSSR count). The van der Waals surface area contributed by atoms with Crippen LogP contribution in [0.4, 0.5) is 14.9 Å². The van der Waals surface area contributed by atoms with Crippen LogP contribution in [0, 0.1) is 5.82 Å². The molecule has 0 aromatic heterocycles. The maximum atomic E-state index is 13.7. The number of halogens is 1. The number of unbranched alkanes of at least 4 members (excludes halogenated alkanes) is 2. The molecular weight excluding hydrogens is 373 g/mol. The minimum absolute atomic E-state index is 0.125. The number of nitrogens with zero attached hydrogens (tertiary/aromatic N) is 1. The molecule has 0 aliphatic rings. The van der Waals surface area contributed by atoms with Crippen LogP contribution in [0.2, 0.25) is 0 Å². The molecule has 0 aliphatic heterocycles. The number of nitrogens with one attached hydrogen (secondary N) is 2. The first kappa shape index (κ1) is 22.2. The summed E-state index contributed by atoms with van der Waals surface area (Å²) in [5.74, 6) is 0.241. The molecule has 0 saturated heterocycles. The van der Waals surface area contributed by atoms with Gasteiger partial charge in [-0.3, -0.25) is 4.79 Å². The third-order valence-electron chi connectivity index (χ3n) is 4.55. The van der Waals surface area contributed by atoms with E-state index in [9.17, 15) is 14.0 Å². The SMILES string of the molecule is COc1ccc(CNC(=O)NCCCCCC(=O)N(C)c2ccccc2F)cc1. The van der Waals surface area contributed by atoms with Gasteiger partial charge in [0.2, 0.25) is 5.91 Å². The van der Waals surface area contributed by atoms with Crippen molar-refractivity contribution in [3.05, 3.63) is 59.9 Å². The van der Waals surface area contributed by atoms with Crippen LogP contribution < -0.4 is 20.3 Å². The molecule has 0 spiro atoms. The van der Waals surface area contributed by atoms with Crippen LogP contribution in [0.5, 0.6) is 5.75 Å². The van der Waals surface area contributed by atoms with Crippen molar-refractivity contribution in [3.63, 3.8) is 0 Å². The van der Waals surface area contributed by atoms with Crippen molar-refractivity contribution in [1.82, 2.24) is 10.6 Å². The minimum atomic E-state index is -0.409. The zero-order chi connectivity index (χ0) is 21.1. The van der Waals surface area contributed by atoms with E-state index in [1.54, 1.807) is 32.4 Å². The Kier molecular flexibility index (Phi) is 8.95. The van der Waals surface area contributed by atoms with Crippen molar-refractivity contribution in [2.45, 2.75) is 32.2 Å². The summed E-state index contributed by atoms with van der Waals surface area (Å²) >= 11 is 0. The zero-order valence-corrected chi connectivity index (χ0v) is 16.9. The lowest BCUT2D eigenvalue weighted by molar-refractivity contribution is -0.118. The number of methoxy groups -OCH3 is 1. The molecule has 0 fully saturated rings. The van der Waals surface area contributed by atoms with Gasteiger partial charge in [0.05, 0.1) is 12.8 Å². The lowest BCUT2D eigenvalue weighted by Crippen LogP contribution is -2.35. The van der Waals surface area contributed by atoms with Crippen molar-refractivity contribution >= 4 is 17.6 Å². The first-order chi connectivity index (χ1) is 14.0. The lowest BCUT2D eigenvalue weighted by atomic mass is 10.1. The summed E-state index contributed by atoms with van der Waals surface area (Å²) in [6.07, 6.45) is 2.60. The Hall–Kier alpha value is -3.09. The van der Waals surface area contributed by atoms with Crippen LogP contribution in [0.15, 0.2) is 48.5 Å². The van der Waals surface area contributed by atoms with Crippen LogP contribution in [-0.4, -0.2) is 32.6 Å². The Balaban J connectivity index is 1.56. The molecule has 2 N–H and O–H groups in total. The number of para-hydroxylation sites is 1. The van der Waals surface area contributed by atoms with Crippen molar-refractivity contribution in [2.24, 2.45) is 0 Å². The average molecular weight is 401 g/mol. The molecule has 2 aromatic carbocycles. The number of amides is 3. The van der Waals surface area contributed by atoms with Crippen molar-refractivity contribution in [3.8, 4) is 5.75 Å². The summed E-state index contributed by atoms with van der Waals surface area (Å²) in [6, 6.07) is 13.5. The van der Waals surface area contributed by atoms with Gasteiger partial charge in [0.1, 0.15) is 11.6 Å². The van der Waals surface area contributed by atoms with Gasteiger partial charge in [-0.05, 0) is 42.7 Å². The highest BCUT2D eigenvalue weighted by atomic mass is 19.1. The Labute approximate surface area is 171 Å². The largest absolute Gasteiger partial charge is 0.497 e. The van der Waals surface area contributed by atoms with E-state index in [2.05, 4.69) is 10.6 Å². The Morgan fingerprint density at radius 1 is 1.00 bits per heavy atom. The molecule has 2 aromatic rings. The third kappa shape index (κ3) is 7.44. The first-order valence-corrected chi connectivity index (χ1v) is 9.67. The number of rotatable bonds is 10. The summed E-state index contributed by atoms with van der Waals surface area (Å²) in [5.41, 5.74) is 1.27. The van der Waals surface area contributed by atoms with E-state index in [4.69, 9.17) is 4.74 Å². The number of anilines is 1. The van der Waals surface area contributed by atoms with Gasteiger partial charge in [-0.2, -0.15) is 0 Å². The number of urea groups is 1. The number of carbonyl (C=O) groups is 2. The Morgan fingerprint density at radius 3 is 2.41 bits per heavy atom. The highest BCUT2D eigenvalue weighted by Gasteiger charge is 2.13. The van der Waals surface area contributed by atoms with Crippen molar-refractivity contribution < 1.29 is 18.7 Å². The number of hydrogen-bond acceptors (Lipinski definition) is 3. The minimum Gasteiger partial charge on any atom is -0.497 e. The fourth-order valence-electron chi connectivity index (χ4n) is 2.79. The first-order valence-electron chi connectivity index (χ1n) is 9.67. The van der Waals surface area contributed by atoms with E-state index >= 15 is 0 Å². The predicted molar refractivity (Wildman–Crippen MR) is 112 cm³/mol. The molecule has 0 unspecified atom stereocenters. The molecule has 0 aliphatic carbocycles. The fraction of sp³-hybridized carbons (Fsp3) is 0.364. The second kappa shape index (κ2) is 11.7. The van der Waals surface area contributed by atoms with Crippen molar-refractivity contribution in [2.75, 3.05) is 25.6 Å². The Morgan fingerprint density at radius 2 is 1.72 bits per heavy atom. The summed E-state index contributed by atoms with van der Waals surface area (Å²) in [6.45, 7) is 0.971. The fourth-order valence-corrected chi connectivity index (χ4v) is 2.79. The highest BCUT2D eigenvalue weighted by molar-refractivity contribution is 5.92.